The molecular formula is C93H131ClN12O6S2. The molecule has 16 aliphatic rings. The molecule has 3 amide bonds. The Balaban J connectivity index is 0.000000141. The first-order chi connectivity index (χ1) is 54.2. The van der Waals surface area contributed by atoms with E-state index in [0.717, 1.165) is 205 Å². The lowest BCUT2D eigenvalue weighted by molar-refractivity contribution is -0.139. The number of nitrogens with two attached hydrogens (primary N) is 2. The fourth-order valence-electron chi connectivity index (χ4n) is 21.8. The molecule has 18 nitrogen and oxygen atoms in total. The topological polar surface area (TPSA) is 199 Å². The van der Waals surface area contributed by atoms with Crippen LogP contribution in [-0.4, -0.2) is 215 Å². The number of thiocarbonyl (C=S) groups is 1. The minimum absolute atomic E-state index is 0. The smallest absolute Gasteiger partial charge is 0.262 e. The van der Waals surface area contributed by atoms with Gasteiger partial charge in [-0.05, 0) is 328 Å². The van der Waals surface area contributed by atoms with Crippen LogP contribution < -0.4 is 22.1 Å². The van der Waals surface area contributed by atoms with E-state index in [1.54, 1.807) is 14.2 Å². The lowest BCUT2D eigenvalue weighted by Gasteiger charge is -2.46. The fraction of sp³-hybridized carbons (Fsp3) is 0.677. The van der Waals surface area contributed by atoms with E-state index in [4.69, 9.17) is 53.7 Å². The molecule has 618 valence electrons. The molecular weight excluding hydrogens is 1480 g/mol. The predicted molar refractivity (Wildman–Crippen MR) is 465 cm³/mol. The number of methoxy groups -OCH3 is 3. The van der Waals surface area contributed by atoms with Gasteiger partial charge in [0, 0.05) is 123 Å². The molecule has 6 spiro atoms. The van der Waals surface area contributed by atoms with Gasteiger partial charge in [0.15, 0.2) is 32.9 Å². The summed E-state index contributed by atoms with van der Waals surface area (Å²) < 4.78 is 17.1. The number of halogens is 1. The van der Waals surface area contributed by atoms with Crippen LogP contribution in [0.4, 0.5) is 0 Å². The van der Waals surface area contributed by atoms with Crippen molar-refractivity contribution >= 4 is 69.5 Å². The number of hydrogen-bond donors (Lipinski definition) is 4. The number of aliphatic imine (C=N–C) groups is 2. The van der Waals surface area contributed by atoms with E-state index in [1.165, 1.54) is 94.7 Å². The molecule has 3 aromatic rings. The van der Waals surface area contributed by atoms with E-state index in [9.17, 15) is 9.59 Å². The van der Waals surface area contributed by atoms with Gasteiger partial charge in [0.05, 0.1) is 18.3 Å². The average Bonchev–Trinajstić information content (AvgIpc) is 1.48. The number of hydrogen-bond acceptors (Lipinski definition) is 16. The van der Waals surface area contributed by atoms with E-state index in [2.05, 4.69) is 159 Å². The summed E-state index contributed by atoms with van der Waals surface area (Å²) in [5.41, 5.74) is 18.0. The maximum atomic E-state index is 15.1. The quantitative estimate of drug-likeness (QED) is 0.0848. The van der Waals surface area contributed by atoms with Crippen molar-refractivity contribution in [3.8, 4) is 35.5 Å². The third-order valence-corrected chi connectivity index (χ3v) is 30.5. The minimum Gasteiger partial charge on any atom is -0.381 e. The molecule has 0 aromatic heterocycles. The third kappa shape index (κ3) is 16.9. The van der Waals surface area contributed by atoms with Crippen molar-refractivity contribution in [3.05, 3.63) is 105 Å². The number of carbonyl (C=O) groups is 3. The van der Waals surface area contributed by atoms with Gasteiger partial charge in [0.2, 0.25) is 0 Å². The van der Waals surface area contributed by atoms with Crippen LogP contribution in [0.5, 0.6) is 0 Å². The molecule has 0 radical (unpaired) electrons. The summed E-state index contributed by atoms with van der Waals surface area (Å²) in [5.74, 6) is 26.9. The number of rotatable bonds is 10. The Hall–Kier alpha value is -5.90. The standard InChI is InChI=1S/C34H46N4O2S.C28H36N4O2.C22H24N2O2S.C6H12ClN.CH5N.2CH4/c1-36-16-12-26(20-36)22-38-31(39)34(35-32(38)41-23-27-13-17-37(2)21-27)30-18-25(7-6-24-4-5-24)8-9-28(30)19-33(34)14-10-29(40-3)11-15-33;1-31-14-11-21(17-31)18-32-25(33)28(30-26(32)29)24-15-20(6-5-19-3-4-19)7-8-22(24)16-27(28)12-9-23(34-2)10-13-27;1-26-17-8-10-21(11-9-17)13-16-7-6-15(5-4-14-2-3-14)12-18(16)22(21)19(25)23-20(27)24-22;1-8-3-2-6(4-7)5-8;1-2;;/h8-9,18,24,26-27,29H,4-5,10-17,19-23H2,1-3H3;7-8,15,19,21,23H,3-4,9-14,16-18H2,1-2H3,(H2,29,30);6-7,12,14,17H,2-3,8-11,13H2,1H3,(H2,23,24,25,27);6H,2-5H2,1H3;2H2,1H3;2*1H4. The Morgan fingerprint density at radius 1 is 0.509 bits per heavy atom. The molecule has 7 aliphatic heterocycles. The number of carbonyl (C=O) groups excluding carboxylic acids is 3. The molecule has 21 heteroatoms. The highest BCUT2D eigenvalue weighted by molar-refractivity contribution is 8.13. The molecule has 7 heterocycles. The number of guanidine groups is 1. The highest BCUT2D eigenvalue weighted by atomic mass is 35.5. The summed E-state index contributed by atoms with van der Waals surface area (Å²) in [7, 11) is 15.6. The maximum Gasteiger partial charge on any atom is 0.262 e. The van der Waals surface area contributed by atoms with Crippen molar-refractivity contribution in [3.63, 3.8) is 0 Å². The number of nitrogens with one attached hydrogen (secondary N) is 2. The first-order valence-electron chi connectivity index (χ1n) is 42.5. The normalized spacial score (nSPS) is 33.5. The first kappa shape index (κ1) is 86.0. The molecule has 5 saturated heterocycles. The van der Waals surface area contributed by atoms with E-state index < -0.39 is 16.6 Å². The molecule has 9 aliphatic carbocycles. The van der Waals surface area contributed by atoms with E-state index in [1.807, 2.05) is 23.8 Å². The summed E-state index contributed by atoms with van der Waals surface area (Å²) in [4.78, 5) is 67.1. The zero-order valence-corrected chi connectivity index (χ0v) is 70.4. The van der Waals surface area contributed by atoms with E-state index >= 15 is 4.79 Å². The predicted octanol–water partition coefficient (Wildman–Crippen LogP) is 12.3. The van der Waals surface area contributed by atoms with Crippen molar-refractivity contribution in [2.24, 2.45) is 79.1 Å². The van der Waals surface area contributed by atoms with Crippen molar-refractivity contribution < 1.29 is 28.6 Å². The number of thioether (sulfide) groups is 1. The summed E-state index contributed by atoms with van der Waals surface area (Å²) in [6.45, 7) is 10.4. The zero-order valence-electron chi connectivity index (χ0n) is 68.0. The van der Waals surface area contributed by atoms with Crippen molar-refractivity contribution in [2.45, 2.75) is 210 Å². The molecule has 6 saturated carbocycles. The molecule has 114 heavy (non-hydrogen) atoms. The largest absolute Gasteiger partial charge is 0.381 e. The van der Waals surface area contributed by atoms with Crippen LogP contribution in [0.3, 0.4) is 0 Å². The van der Waals surface area contributed by atoms with Crippen LogP contribution >= 0.6 is 35.6 Å². The molecule has 3 aromatic carbocycles. The molecule has 11 fully saturated rings. The second kappa shape index (κ2) is 36.0. The number of alkyl halides is 1. The number of likely N-dealkylation sites (tertiary alicyclic amines) is 4. The molecule has 19 rings (SSSR count). The SMILES string of the molecule is C.C.CN.CN1CCC(CCl)C1.COC1CCC2(CC1)Cc1ccc(C#CC3CC3)cc1C21N=C(N)N(CC2CCN(C)C2)C1=O.COC1CCC2(CC1)Cc1ccc(C#CC3CC3)cc1C21N=C(SCC2CCN(C)C2)N(CC2CCN(C)C2)C1=O.COC1CCC2(CC1)Cc1ccc(C#CC3CC3)cc1C21NC(=S)NC1=O. The molecule has 7 atom stereocenters. The number of ether oxygens (including phenoxy) is 3. The van der Waals surface area contributed by atoms with Gasteiger partial charge in [0.1, 0.15) is 0 Å². The maximum absolute atomic E-state index is 15.1. The van der Waals surface area contributed by atoms with Crippen molar-refractivity contribution in [2.75, 3.05) is 134 Å². The Morgan fingerprint density at radius 2 is 0.877 bits per heavy atom. The third-order valence-electron chi connectivity index (χ3n) is 28.6. The number of amides is 3. The van der Waals surface area contributed by atoms with Crippen LogP contribution in [0.1, 0.15) is 206 Å². The molecule has 0 bridgehead atoms. The van der Waals surface area contributed by atoms with Gasteiger partial charge in [-0.15, -0.1) is 11.6 Å². The van der Waals surface area contributed by atoms with Gasteiger partial charge in [-0.3, -0.25) is 24.2 Å². The Bertz CT molecular complexity index is 4270. The van der Waals surface area contributed by atoms with Crippen molar-refractivity contribution in [1.29, 1.82) is 0 Å². The van der Waals surface area contributed by atoms with Crippen LogP contribution in [0.25, 0.3) is 0 Å². The zero-order chi connectivity index (χ0) is 78.3. The second-order valence-electron chi connectivity index (χ2n) is 36.3. The first-order valence-corrected chi connectivity index (χ1v) is 44.4. The second-order valence-corrected chi connectivity index (χ2v) is 38.0. The van der Waals surface area contributed by atoms with Crippen molar-refractivity contribution in [1.82, 2.24) is 40.0 Å². The van der Waals surface area contributed by atoms with E-state index in [0.29, 0.717) is 53.1 Å². The lowest BCUT2D eigenvalue weighted by atomic mass is 9.61. The number of nitrogens with zero attached hydrogens (tertiary/aromatic N) is 8. The Morgan fingerprint density at radius 3 is 1.25 bits per heavy atom. The fourth-order valence-corrected chi connectivity index (χ4v) is 23.5. The lowest BCUT2D eigenvalue weighted by Crippen LogP contribution is -2.56. The van der Waals surface area contributed by atoms with Gasteiger partial charge in [-0.1, -0.05) is 80.3 Å². The summed E-state index contributed by atoms with van der Waals surface area (Å²) in [6, 6.07) is 19.6. The van der Waals surface area contributed by atoms with E-state index in [-0.39, 0.29) is 67.1 Å². The Labute approximate surface area is 697 Å². The average molecular weight is 1610 g/mol. The summed E-state index contributed by atoms with van der Waals surface area (Å²) in [6.07, 6.45) is 27.1. The minimum atomic E-state index is -0.924. The van der Waals surface area contributed by atoms with Gasteiger partial charge in [-0.25, -0.2) is 9.98 Å². The van der Waals surface area contributed by atoms with Gasteiger partial charge in [-0.2, -0.15) is 0 Å². The number of amidine groups is 1. The van der Waals surface area contributed by atoms with Gasteiger partial charge >= 0.3 is 0 Å². The Kier molecular flexibility index (Phi) is 27.1. The number of fused-ring (bicyclic) bond motifs is 9. The van der Waals surface area contributed by atoms with Gasteiger partial charge < -0.3 is 55.9 Å². The highest BCUT2D eigenvalue weighted by Gasteiger charge is 2.70. The summed E-state index contributed by atoms with van der Waals surface area (Å²) in [5, 5.41) is 7.72. The highest BCUT2D eigenvalue weighted by Crippen LogP contribution is 2.65. The summed E-state index contributed by atoms with van der Waals surface area (Å²) >= 11 is 12.9. The molecule has 7 unspecified atom stereocenters. The van der Waals surface area contributed by atoms with Crippen LogP contribution in [0.2, 0.25) is 0 Å². The monoisotopic (exact) mass is 1610 g/mol. The molecule has 6 N–H and O–H groups in total. The van der Waals surface area contributed by atoms with Crippen LogP contribution in [-0.2, 0) is 64.5 Å². The van der Waals surface area contributed by atoms with Gasteiger partial charge in [0.25, 0.3) is 17.7 Å². The van der Waals surface area contributed by atoms with Crippen LogP contribution in [0, 0.1) is 93.2 Å². The number of benzene rings is 3. The van der Waals surface area contributed by atoms with Crippen LogP contribution in [0.15, 0.2) is 64.6 Å².